The second kappa shape index (κ2) is 8.55. The molecule has 0 radical (unpaired) electrons. The first kappa shape index (κ1) is 21.1. The fraction of sp³-hybridized carbons (Fsp3) is 0.304. The molecular weight excluding hydrogens is 407 g/mol. The minimum atomic E-state index is -4.45. The predicted molar refractivity (Wildman–Crippen MR) is 112 cm³/mol. The van der Waals surface area contributed by atoms with Gasteiger partial charge in [-0.3, -0.25) is 9.78 Å². The first-order valence-corrected chi connectivity index (χ1v) is 10.1. The number of alkyl halides is 3. The molecule has 5 nitrogen and oxygen atoms in total. The smallest absolute Gasteiger partial charge is 0.393 e. The van der Waals surface area contributed by atoms with Crippen molar-refractivity contribution in [3.8, 4) is 0 Å². The molecule has 0 aliphatic heterocycles. The third-order valence-electron chi connectivity index (χ3n) is 5.54. The van der Waals surface area contributed by atoms with Crippen LogP contribution in [0.5, 0.6) is 0 Å². The van der Waals surface area contributed by atoms with Gasteiger partial charge in [-0.05, 0) is 56.0 Å². The van der Waals surface area contributed by atoms with Gasteiger partial charge >= 0.3 is 6.18 Å². The summed E-state index contributed by atoms with van der Waals surface area (Å²) in [5.41, 5.74) is 0.984. The van der Waals surface area contributed by atoms with E-state index in [4.69, 9.17) is 0 Å². The minimum absolute atomic E-state index is 0.00602. The molecule has 0 spiro atoms. The van der Waals surface area contributed by atoms with E-state index in [9.17, 15) is 23.1 Å². The number of carbonyl (C=O) groups excluding carboxylic acids is 1. The van der Waals surface area contributed by atoms with Gasteiger partial charge in [-0.1, -0.05) is 18.2 Å². The maximum Gasteiger partial charge on any atom is 0.416 e. The van der Waals surface area contributed by atoms with Gasteiger partial charge in [0.15, 0.2) is 0 Å². The van der Waals surface area contributed by atoms with E-state index in [0.717, 1.165) is 25.0 Å². The van der Waals surface area contributed by atoms with Crippen LogP contribution in [0.1, 0.15) is 41.6 Å². The van der Waals surface area contributed by atoms with Crippen LogP contribution >= 0.6 is 0 Å². The van der Waals surface area contributed by atoms with Gasteiger partial charge in [-0.25, -0.2) is 0 Å². The molecule has 3 aromatic rings. The lowest BCUT2D eigenvalue weighted by Gasteiger charge is -2.26. The Balaban J connectivity index is 1.59. The van der Waals surface area contributed by atoms with Gasteiger partial charge in [0.1, 0.15) is 0 Å². The van der Waals surface area contributed by atoms with E-state index in [2.05, 4.69) is 15.6 Å². The molecule has 0 bridgehead atoms. The number of aromatic nitrogens is 1. The summed E-state index contributed by atoms with van der Waals surface area (Å²) in [5, 5.41) is 16.4. The maximum atomic E-state index is 13.0. The van der Waals surface area contributed by atoms with Crippen LogP contribution in [0, 0.1) is 0 Å². The van der Waals surface area contributed by atoms with Crippen LogP contribution in [0.2, 0.25) is 0 Å². The number of amides is 1. The predicted octanol–water partition coefficient (Wildman–Crippen LogP) is 5.03. The zero-order valence-corrected chi connectivity index (χ0v) is 16.6. The first-order valence-electron chi connectivity index (χ1n) is 10.1. The molecule has 1 heterocycles. The van der Waals surface area contributed by atoms with Crippen LogP contribution in [0.4, 0.5) is 24.5 Å². The summed E-state index contributed by atoms with van der Waals surface area (Å²) in [6, 6.07) is 12.0. The zero-order valence-electron chi connectivity index (χ0n) is 16.6. The van der Waals surface area contributed by atoms with Crippen LogP contribution in [0.25, 0.3) is 10.9 Å². The quantitative estimate of drug-likeness (QED) is 0.544. The van der Waals surface area contributed by atoms with Crippen molar-refractivity contribution in [2.24, 2.45) is 0 Å². The Morgan fingerprint density at radius 2 is 1.74 bits per heavy atom. The van der Waals surface area contributed by atoms with Gasteiger partial charge in [0, 0.05) is 23.3 Å². The largest absolute Gasteiger partial charge is 0.416 e. The van der Waals surface area contributed by atoms with Gasteiger partial charge in [-0.15, -0.1) is 0 Å². The van der Waals surface area contributed by atoms with E-state index in [1.165, 1.54) is 12.3 Å². The van der Waals surface area contributed by atoms with Crippen LogP contribution in [0.3, 0.4) is 0 Å². The number of nitrogens with one attached hydrogen (secondary N) is 2. The van der Waals surface area contributed by atoms with E-state index in [1.54, 1.807) is 30.3 Å². The van der Waals surface area contributed by atoms with E-state index in [1.807, 2.05) is 0 Å². The van der Waals surface area contributed by atoms with Crippen LogP contribution in [-0.4, -0.2) is 28.1 Å². The lowest BCUT2D eigenvalue weighted by molar-refractivity contribution is -0.137. The Morgan fingerprint density at radius 1 is 1.00 bits per heavy atom. The number of benzene rings is 2. The van der Waals surface area contributed by atoms with Crippen molar-refractivity contribution in [2.45, 2.75) is 44.0 Å². The number of aliphatic hydroxyl groups is 1. The molecule has 1 aliphatic rings. The van der Waals surface area contributed by atoms with Gasteiger partial charge in [-0.2, -0.15) is 13.2 Å². The Kier molecular flexibility index (Phi) is 5.82. The number of halogens is 3. The van der Waals surface area contributed by atoms with Gasteiger partial charge in [0.05, 0.1) is 28.4 Å². The molecule has 3 N–H and O–H groups in total. The summed E-state index contributed by atoms with van der Waals surface area (Å²) < 4.78 is 39.1. The van der Waals surface area contributed by atoms with Crippen LogP contribution in [-0.2, 0) is 6.18 Å². The summed E-state index contributed by atoms with van der Waals surface area (Å²) >= 11 is 0. The average Bonchev–Trinajstić information content (AvgIpc) is 2.75. The number of hydrogen-bond donors (Lipinski definition) is 3. The van der Waals surface area contributed by atoms with Crippen molar-refractivity contribution in [1.82, 2.24) is 10.3 Å². The van der Waals surface area contributed by atoms with Crippen molar-refractivity contribution >= 4 is 28.2 Å². The number of rotatable bonds is 4. The molecule has 1 saturated carbocycles. The highest BCUT2D eigenvalue weighted by atomic mass is 19.4. The number of hydrogen-bond acceptors (Lipinski definition) is 4. The number of aliphatic hydroxyl groups excluding tert-OH is 1. The number of nitrogens with zero attached hydrogens (tertiary/aromatic N) is 1. The summed E-state index contributed by atoms with van der Waals surface area (Å²) in [7, 11) is 0. The Morgan fingerprint density at radius 3 is 2.48 bits per heavy atom. The molecule has 1 aromatic heterocycles. The zero-order chi connectivity index (χ0) is 22.0. The molecule has 1 amide bonds. The Hall–Kier alpha value is -3.13. The molecule has 0 unspecified atom stereocenters. The number of para-hydroxylation sites is 1. The van der Waals surface area contributed by atoms with Crippen LogP contribution < -0.4 is 10.6 Å². The molecule has 0 saturated heterocycles. The third kappa shape index (κ3) is 4.80. The normalized spacial score (nSPS) is 19.2. The standard InChI is InChI=1S/C23H22F3N3O2/c24-23(25,26)14-5-10-17-20(11-12-27-21(17)13-14)29-19-4-2-1-3-18(19)22(31)28-15-6-8-16(30)9-7-15/h1-5,10-13,15-16,30H,6-9H2,(H,27,29)(H,28,31). The Bertz CT molecular complexity index is 1090. The monoisotopic (exact) mass is 429 g/mol. The van der Waals surface area contributed by atoms with Crippen molar-refractivity contribution in [1.29, 1.82) is 0 Å². The highest BCUT2D eigenvalue weighted by molar-refractivity contribution is 6.02. The molecular formula is C23H22F3N3O2. The number of fused-ring (bicyclic) bond motifs is 1. The number of anilines is 2. The SMILES string of the molecule is O=C(NC1CCC(O)CC1)c1ccccc1Nc1ccnc2cc(C(F)(F)F)ccc12. The van der Waals surface area contributed by atoms with Gasteiger partial charge in [0.25, 0.3) is 5.91 Å². The summed E-state index contributed by atoms with van der Waals surface area (Å²) in [5.74, 6) is -0.234. The number of pyridine rings is 1. The van der Waals surface area contributed by atoms with Crippen molar-refractivity contribution < 1.29 is 23.1 Å². The van der Waals surface area contributed by atoms with Crippen molar-refractivity contribution in [2.75, 3.05) is 5.32 Å². The average molecular weight is 429 g/mol. The van der Waals surface area contributed by atoms with Crippen LogP contribution in [0.15, 0.2) is 54.7 Å². The fourth-order valence-corrected chi connectivity index (χ4v) is 3.85. The Labute approximate surface area is 177 Å². The summed E-state index contributed by atoms with van der Waals surface area (Å²) in [4.78, 5) is 16.9. The summed E-state index contributed by atoms with van der Waals surface area (Å²) in [6.45, 7) is 0. The second-order valence-electron chi connectivity index (χ2n) is 7.74. The molecule has 162 valence electrons. The molecule has 2 aromatic carbocycles. The van der Waals surface area contributed by atoms with E-state index in [-0.39, 0.29) is 23.6 Å². The van der Waals surface area contributed by atoms with Gasteiger partial charge < -0.3 is 15.7 Å². The summed E-state index contributed by atoms with van der Waals surface area (Å²) in [6.07, 6.45) is -0.556. The molecule has 1 aliphatic carbocycles. The highest BCUT2D eigenvalue weighted by Gasteiger charge is 2.30. The third-order valence-corrected chi connectivity index (χ3v) is 5.54. The number of carbonyl (C=O) groups is 1. The van der Waals surface area contributed by atoms with Crippen molar-refractivity contribution in [3.63, 3.8) is 0 Å². The lowest BCUT2D eigenvalue weighted by Crippen LogP contribution is -2.38. The van der Waals surface area contributed by atoms with E-state index in [0.29, 0.717) is 35.2 Å². The topological polar surface area (TPSA) is 74.2 Å². The van der Waals surface area contributed by atoms with E-state index >= 15 is 0 Å². The molecule has 4 rings (SSSR count). The first-order chi connectivity index (χ1) is 14.8. The molecule has 1 fully saturated rings. The fourth-order valence-electron chi connectivity index (χ4n) is 3.85. The highest BCUT2D eigenvalue weighted by Crippen LogP contribution is 2.33. The molecule has 8 heteroatoms. The minimum Gasteiger partial charge on any atom is -0.393 e. The van der Waals surface area contributed by atoms with E-state index < -0.39 is 11.7 Å². The maximum absolute atomic E-state index is 13.0. The molecule has 0 atom stereocenters. The van der Waals surface area contributed by atoms with Gasteiger partial charge in [0.2, 0.25) is 0 Å². The second-order valence-corrected chi connectivity index (χ2v) is 7.74. The lowest BCUT2D eigenvalue weighted by atomic mass is 9.93. The molecule has 31 heavy (non-hydrogen) atoms. The van der Waals surface area contributed by atoms with Crippen molar-refractivity contribution in [3.05, 3.63) is 65.9 Å².